The van der Waals surface area contributed by atoms with Gasteiger partial charge in [0.2, 0.25) is 0 Å². The fourth-order valence-corrected chi connectivity index (χ4v) is 3.00. The minimum atomic E-state index is -0.250. The third-order valence-corrected chi connectivity index (χ3v) is 4.21. The number of fused-ring (bicyclic) bond motifs is 1. The van der Waals surface area contributed by atoms with Crippen LogP contribution in [0.15, 0.2) is 67.0 Å². The van der Waals surface area contributed by atoms with Gasteiger partial charge in [0.25, 0.3) is 0 Å². The quantitative estimate of drug-likeness (QED) is 0.585. The minimum Gasteiger partial charge on any atom is -0.345 e. The van der Waals surface area contributed by atoms with Crippen molar-refractivity contribution in [3.05, 3.63) is 78.4 Å². The Morgan fingerprint density at radius 3 is 2.54 bits per heavy atom. The van der Waals surface area contributed by atoms with E-state index >= 15 is 0 Å². The maximum atomic E-state index is 13.6. The largest absolute Gasteiger partial charge is 0.345 e. The molecule has 0 radical (unpaired) electrons. The first kappa shape index (κ1) is 14.6. The van der Waals surface area contributed by atoms with E-state index in [9.17, 15) is 4.39 Å². The highest BCUT2D eigenvalue weighted by Gasteiger charge is 2.13. The number of rotatable bonds is 3. The van der Waals surface area contributed by atoms with Crippen LogP contribution in [0.25, 0.3) is 33.3 Å². The summed E-state index contributed by atoms with van der Waals surface area (Å²) in [5.41, 5.74) is 11.5. The average Bonchev–Trinajstić information content (AvgIpc) is 3.06. The van der Waals surface area contributed by atoms with Crippen molar-refractivity contribution in [1.82, 2.24) is 9.97 Å². The van der Waals surface area contributed by atoms with Gasteiger partial charge in [-0.3, -0.25) is 0 Å². The number of aromatic amines is 1. The number of pyridine rings is 1. The van der Waals surface area contributed by atoms with Gasteiger partial charge in [-0.05, 0) is 40.5 Å². The van der Waals surface area contributed by atoms with Gasteiger partial charge in [-0.25, -0.2) is 9.37 Å². The van der Waals surface area contributed by atoms with Gasteiger partial charge in [0, 0.05) is 29.9 Å². The zero-order valence-corrected chi connectivity index (χ0v) is 13.0. The topological polar surface area (TPSA) is 54.7 Å². The van der Waals surface area contributed by atoms with Gasteiger partial charge in [0.1, 0.15) is 11.5 Å². The van der Waals surface area contributed by atoms with Gasteiger partial charge in [0.15, 0.2) is 0 Å². The summed E-state index contributed by atoms with van der Waals surface area (Å²) in [7, 11) is 0. The SMILES string of the molecule is NCc1ccc(-c2ccnc3[nH]cc(-c4cccc(F)c4)c23)cc1. The number of hydrogen-bond acceptors (Lipinski definition) is 2. The van der Waals surface area contributed by atoms with Gasteiger partial charge in [-0.15, -0.1) is 0 Å². The zero-order valence-electron chi connectivity index (χ0n) is 13.0. The molecule has 0 atom stereocenters. The summed E-state index contributed by atoms with van der Waals surface area (Å²) in [6.45, 7) is 0.519. The molecule has 4 heteroatoms. The molecule has 2 aromatic carbocycles. The van der Waals surface area contributed by atoms with E-state index in [0.717, 1.165) is 38.9 Å². The predicted molar refractivity (Wildman–Crippen MR) is 94.8 cm³/mol. The summed E-state index contributed by atoms with van der Waals surface area (Å²) in [5, 5.41) is 0.989. The maximum absolute atomic E-state index is 13.6. The maximum Gasteiger partial charge on any atom is 0.138 e. The van der Waals surface area contributed by atoms with Crippen molar-refractivity contribution in [2.75, 3.05) is 0 Å². The number of aromatic nitrogens is 2. The molecule has 4 aromatic rings. The molecule has 0 amide bonds. The van der Waals surface area contributed by atoms with E-state index in [-0.39, 0.29) is 5.82 Å². The summed E-state index contributed by atoms with van der Waals surface area (Å²) >= 11 is 0. The van der Waals surface area contributed by atoms with Crippen LogP contribution in [0.3, 0.4) is 0 Å². The minimum absolute atomic E-state index is 0.250. The molecular weight excluding hydrogens is 301 g/mol. The Bertz CT molecular complexity index is 1000. The molecule has 0 saturated carbocycles. The molecule has 0 saturated heterocycles. The molecule has 4 rings (SSSR count). The van der Waals surface area contributed by atoms with Crippen molar-refractivity contribution in [1.29, 1.82) is 0 Å². The molecule has 0 aliphatic heterocycles. The highest BCUT2D eigenvalue weighted by molar-refractivity contribution is 6.03. The Morgan fingerprint density at radius 2 is 1.79 bits per heavy atom. The fraction of sp³-hybridized carbons (Fsp3) is 0.0500. The lowest BCUT2D eigenvalue weighted by Crippen LogP contribution is -1.95. The van der Waals surface area contributed by atoms with Crippen LogP contribution in [-0.4, -0.2) is 9.97 Å². The van der Waals surface area contributed by atoms with E-state index < -0.39 is 0 Å². The van der Waals surface area contributed by atoms with Crippen LogP contribution in [0.5, 0.6) is 0 Å². The summed E-state index contributed by atoms with van der Waals surface area (Å²) in [6, 6.07) is 16.7. The number of nitrogens with zero attached hydrogens (tertiary/aromatic N) is 1. The van der Waals surface area contributed by atoms with E-state index in [1.54, 1.807) is 12.3 Å². The van der Waals surface area contributed by atoms with Crippen LogP contribution < -0.4 is 5.73 Å². The second kappa shape index (κ2) is 5.91. The van der Waals surface area contributed by atoms with E-state index in [4.69, 9.17) is 5.73 Å². The third-order valence-electron chi connectivity index (χ3n) is 4.21. The second-order valence-corrected chi connectivity index (χ2v) is 5.70. The molecule has 3 N–H and O–H groups in total. The number of benzene rings is 2. The normalized spacial score (nSPS) is 11.1. The molecule has 0 aliphatic rings. The van der Waals surface area contributed by atoms with Crippen molar-refractivity contribution in [2.24, 2.45) is 5.73 Å². The van der Waals surface area contributed by atoms with Crippen molar-refractivity contribution in [3.8, 4) is 22.3 Å². The monoisotopic (exact) mass is 317 g/mol. The third kappa shape index (κ3) is 2.47. The predicted octanol–water partition coefficient (Wildman–Crippen LogP) is 4.49. The molecule has 0 spiro atoms. The number of hydrogen-bond donors (Lipinski definition) is 2. The van der Waals surface area contributed by atoms with Crippen molar-refractivity contribution < 1.29 is 4.39 Å². The molecule has 118 valence electrons. The Balaban J connectivity index is 1.94. The Kier molecular flexibility index (Phi) is 3.59. The standard InChI is InChI=1S/C20H16FN3/c21-16-3-1-2-15(10-16)18-12-24-20-19(18)17(8-9-23-20)14-6-4-13(11-22)5-7-14/h1-10,12H,11,22H2,(H,23,24). The van der Waals surface area contributed by atoms with Gasteiger partial charge in [-0.2, -0.15) is 0 Å². The molecule has 3 nitrogen and oxygen atoms in total. The molecule has 0 bridgehead atoms. The first-order valence-electron chi connectivity index (χ1n) is 7.77. The Morgan fingerprint density at radius 1 is 0.958 bits per heavy atom. The van der Waals surface area contributed by atoms with Crippen molar-refractivity contribution >= 4 is 11.0 Å². The highest BCUT2D eigenvalue weighted by atomic mass is 19.1. The van der Waals surface area contributed by atoms with Gasteiger partial charge in [0.05, 0.1) is 0 Å². The molecule has 0 aliphatic carbocycles. The smallest absolute Gasteiger partial charge is 0.138 e. The lowest BCUT2D eigenvalue weighted by molar-refractivity contribution is 0.628. The lowest BCUT2D eigenvalue weighted by Gasteiger charge is -2.07. The molecule has 2 heterocycles. The van der Waals surface area contributed by atoms with Crippen molar-refractivity contribution in [2.45, 2.75) is 6.54 Å². The summed E-state index contributed by atoms with van der Waals surface area (Å²) in [6.07, 6.45) is 3.66. The zero-order chi connectivity index (χ0) is 16.5. The van der Waals surface area contributed by atoms with Gasteiger partial charge < -0.3 is 10.7 Å². The van der Waals surface area contributed by atoms with E-state index in [1.165, 1.54) is 12.1 Å². The lowest BCUT2D eigenvalue weighted by atomic mass is 9.97. The van der Waals surface area contributed by atoms with Crippen LogP contribution in [0.2, 0.25) is 0 Å². The Hall–Kier alpha value is -2.98. The van der Waals surface area contributed by atoms with Crippen LogP contribution in [-0.2, 0) is 6.54 Å². The molecule has 24 heavy (non-hydrogen) atoms. The molecule has 0 unspecified atom stereocenters. The molecular formula is C20H16FN3. The van der Waals surface area contributed by atoms with Gasteiger partial charge >= 0.3 is 0 Å². The van der Waals surface area contributed by atoms with Crippen molar-refractivity contribution in [3.63, 3.8) is 0 Å². The van der Waals surface area contributed by atoms with E-state index in [0.29, 0.717) is 6.54 Å². The van der Waals surface area contributed by atoms with Crippen LogP contribution >= 0.6 is 0 Å². The number of H-pyrrole nitrogens is 1. The summed E-state index contributed by atoms with van der Waals surface area (Å²) in [4.78, 5) is 7.59. The number of halogens is 1. The second-order valence-electron chi connectivity index (χ2n) is 5.70. The van der Waals surface area contributed by atoms with Crippen LogP contribution in [0.1, 0.15) is 5.56 Å². The fourth-order valence-electron chi connectivity index (χ4n) is 3.00. The average molecular weight is 317 g/mol. The summed E-state index contributed by atoms with van der Waals surface area (Å²) in [5.74, 6) is -0.250. The van der Waals surface area contributed by atoms with Gasteiger partial charge in [-0.1, -0.05) is 36.4 Å². The molecule has 0 fully saturated rings. The number of nitrogens with two attached hydrogens (primary N) is 1. The van der Waals surface area contributed by atoms with Crippen LogP contribution in [0, 0.1) is 5.82 Å². The van der Waals surface area contributed by atoms with E-state index in [1.807, 2.05) is 30.5 Å². The van der Waals surface area contributed by atoms with Crippen LogP contribution in [0.4, 0.5) is 4.39 Å². The summed E-state index contributed by atoms with van der Waals surface area (Å²) < 4.78 is 13.6. The first-order valence-corrected chi connectivity index (χ1v) is 7.77. The first-order chi connectivity index (χ1) is 11.8. The highest BCUT2D eigenvalue weighted by Crippen LogP contribution is 2.35. The molecule has 2 aromatic heterocycles. The Labute approximate surface area is 139 Å². The van der Waals surface area contributed by atoms with E-state index in [2.05, 4.69) is 22.1 Å². The number of nitrogens with one attached hydrogen (secondary N) is 1.